The van der Waals surface area contributed by atoms with Crippen LogP contribution in [0.3, 0.4) is 0 Å². The molecule has 0 saturated carbocycles. The lowest BCUT2D eigenvalue weighted by molar-refractivity contribution is 0.0803. The van der Waals surface area contributed by atoms with Gasteiger partial charge < -0.3 is 10.5 Å². The standard InChI is InChI=1S/C12H28N2O/c1-5-11(6-2)14(8-9-15-4)12(7-3)10-13/h11-12H,5-10,13H2,1-4H3. The van der Waals surface area contributed by atoms with E-state index in [2.05, 4.69) is 25.7 Å². The Hall–Kier alpha value is -0.120. The fraction of sp³-hybridized carbons (Fsp3) is 1.00. The van der Waals surface area contributed by atoms with Crippen LogP contribution in [0.5, 0.6) is 0 Å². The molecule has 0 fully saturated rings. The molecule has 3 heteroatoms. The molecule has 92 valence electrons. The van der Waals surface area contributed by atoms with Crippen molar-refractivity contribution in [1.29, 1.82) is 0 Å². The van der Waals surface area contributed by atoms with Crippen molar-refractivity contribution in [2.24, 2.45) is 5.73 Å². The summed E-state index contributed by atoms with van der Waals surface area (Å²) in [6.45, 7) is 9.25. The molecule has 0 aromatic heterocycles. The fourth-order valence-electron chi connectivity index (χ4n) is 2.15. The molecule has 3 nitrogen and oxygen atoms in total. The zero-order valence-corrected chi connectivity index (χ0v) is 10.8. The van der Waals surface area contributed by atoms with E-state index >= 15 is 0 Å². The Kier molecular flexibility index (Phi) is 9.06. The van der Waals surface area contributed by atoms with E-state index in [4.69, 9.17) is 10.5 Å². The van der Waals surface area contributed by atoms with Crippen molar-refractivity contribution in [2.45, 2.75) is 52.1 Å². The van der Waals surface area contributed by atoms with Gasteiger partial charge in [0.25, 0.3) is 0 Å². The minimum absolute atomic E-state index is 0.505. The molecule has 0 aliphatic rings. The summed E-state index contributed by atoms with van der Waals surface area (Å²) in [6.07, 6.45) is 3.50. The summed E-state index contributed by atoms with van der Waals surface area (Å²) in [7, 11) is 1.76. The highest BCUT2D eigenvalue weighted by Gasteiger charge is 2.21. The van der Waals surface area contributed by atoms with Gasteiger partial charge in [-0.15, -0.1) is 0 Å². The minimum atomic E-state index is 0.505. The van der Waals surface area contributed by atoms with Crippen molar-refractivity contribution in [3.8, 4) is 0 Å². The summed E-state index contributed by atoms with van der Waals surface area (Å²) in [4.78, 5) is 2.52. The highest BCUT2D eigenvalue weighted by atomic mass is 16.5. The van der Waals surface area contributed by atoms with Gasteiger partial charge in [-0.05, 0) is 19.3 Å². The third-order valence-corrected chi connectivity index (χ3v) is 3.18. The Balaban J connectivity index is 4.38. The lowest BCUT2D eigenvalue weighted by Crippen LogP contribution is -2.47. The van der Waals surface area contributed by atoms with Crippen LogP contribution in [0.25, 0.3) is 0 Å². The average Bonchev–Trinajstić information content (AvgIpc) is 2.28. The van der Waals surface area contributed by atoms with Crippen molar-refractivity contribution in [3.05, 3.63) is 0 Å². The van der Waals surface area contributed by atoms with Gasteiger partial charge in [-0.25, -0.2) is 0 Å². The van der Waals surface area contributed by atoms with E-state index in [1.807, 2.05) is 0 Å². The Bertz CT molecular complexity index is 122. The summed E-state index contributed by atoms with van der Waals surface area (Å²) in [5.74, 6) is 0. The van der Waals surface area contributed by atoms with Gasteiger partial charge in [-0.2, -0.15) is 0 Å². The first kappa shape index (κ1) is 14.9. The second kappa shape index (κ2) is 9.13. The van der Waals surface area contributed by atoms with Gasteiger partial charge in [0.15, 0.2) is 0 Å². The summed E-state index contributed by atoms with van der Waals surface area (Å²) in [5.41, 5.74) is 5.82. The number of ether oxygens (including phenoxy) is 1. The van der Waals surface area contributed by atoms with Gasteiger partial charge in [0.2, 0.25) is 0 Å². The molecule has 0 bridgehead atoms. The van der Waals surface area contributed by atoms with Crippen LogP contribution in [0.15, 0.2) is 0 Å². The van der Waals surface area contributed by atoms with E-state index in [0.717, 1.165) is 26.1 Å². The van der Waals surface area contributed by atoms with Crippen LogP contribution in [-0.4, -0.2) is 43.8 Å². The maximum Gasteiger partial charge on any atom is 0.0589 e. The Morgan fingerprint density at radius 2 is 1.60 bits per heavy atom. The van der Waals surface area contributed by atoms with Crippen molar-refractivity contribution in [1.82, 2.24) is 4.90 Å². The fourth-order valence-corrected chi connectivity index (χ4v) is 2.15. The maximum absolute atomic E-state index is 5.82. The van der Waals surface area contributed by atoms with Crippen LogP contribution < -0.4 is 5.73 Å². The Morgan fingerprint density at radius 3 is 1.93 bits per heavy atom. The van der Waals surface area contributed by atoms with E-state index < -0.39 is 0 Å². The van der Waals surface area contributed by atoms with E-state index in [1.54, 1.807) is 7.11 Å². The first-order chi connectivity index (χ1) is 7.24. The summed E-state index contributed by atoms with van der Waals surface area (Å²) >= 11 is 0. The van der Waals surface area contributed by atoms with Gasteiger partial charge in [0, 0.05) is 32.3 Å². The highest BCUT2D eigenvalue weighted by molar-refractivity contribution is 4.77. The van der Waals surface area contributed by atoms with Gasteiger partial charge in [-0.1, -0.05) is 20.8 Å². The van der Waals surface area contributed by atoms with Crippen LogP contribution in [-0.2, 0) is 4.74 Å². The Morgan fingerprint density at radius 1 is 1.07 bits per heavy atom. The summed E-state index contributed by atoms with van der Waals surface area (Å²) in [6, 6.07) is 1.15. The largest absolute Gasteiger partial charge is 0.383 e. The molecule has 0 amide bonds. The molecule has 0 saturated heterocycles. The lowest BCUT2D eigenvalue weighted by atomic mass is 10.1. The molecule has 0 aliphatic carbocycles. The lowest BCUT2D eigenvalue weighted by Gasteiger charge is -2.36. The number of methoxy groups -OCH3 is 1. The molecule has 0 aliphatic heterocycles. The first-order valence-corrected chi connectivity index (χ1v) is 6.19. The molecule has 1 atom stereocenters. The third kappa shape index (κ3) is 4.96. The minimum Gasteiger partial charge on any atom is -0.383 e. The van der Waals surface area contributed by atoms with Crippen LogP contribution in [0.4, 0.5) is 0 Å². The average molecular weight is 216 g/mol. The third-order valence-electron chi connectivity index (χ3n) is 3.18. The van der Waals surface area contributed by atoms with E-state index in [1.165, 1.54) is 12.8 Å². The number of nitrogens with two attached hydrogens (primary N) is 1. The predicted molar refractivity (Wildman–Crippen MR) is 66.1 cm³/mol. The maximum atomic E-state index is 5.82. The van der Waals surface area contributed by atoms with Crippen molar-refractivity contribution in [3.63, 3.8) is 0 Å². The van der Waals surface area contributed by atoms with Crippen LogP contribution in [0.2, 0.25) is 0 Å². The topological polar surface area (TPSA) is 38.5 Å². The second-order valence-electron chi connectivity index (χ2n) is 4.00. The number of nitrogens with zero attached hydrogens (tertiary/aromatic N) is 1. The molecule has 15 heavy (non-hydrogen) atoms. The molecule has 0 aromatic carbocycles. The van der Waals surface area contributed by atoms with E-state index in [0.29, 0.717) is 12.1 Å². The molecular formula is C12H28N2O. The summed E-state index contributed by atoms with van der Waals surface area (Å²) < 4.78 is 5.17. The van der Waals surface area contributed by atoms with Crippen LogP contribution in [0, 0.1) is 0 Å². The number of hydrogen-bond donors (Lipinski definition) is 1. The van der Waals surface area contributed by atoms with Gasteiger partial charge >= 0.3 is 0 Å². The normalized spacial score (nSPS) is 13.8. The smallest absolute Gasteiger partial charge is 0.0589 e. The zero-order chi connectivity index (χ0) is 11.7. The second-order valence-corrected chi connectivity index (χ2v) is 4.00. The molecule has 0 aromatic rings. The predicted octanol–water partition coefficient (Wildman–Crippen LogP) is 1.86. The number of rotatable bonds is 9. The molecule has 0 spiro atoms. The zero-order valence-electron chi connectivity index (χ0n) is 10.8. The quantitative estimate of drug-likeness (QED) is 0.639. The monoisotopic (exact) mass is 216 g/mol. The molecule has 2 N–H and O–H groups in total. The molecule has 0 rings (SSSR count). The SMILES string of the molecule is CCC(CC)N(CCOC)C(CC)CN. The van der Waals surface area contributed by atoms with Crippen LogP contribution in [0.1, 0.15) is 40.0 Å². The van der Waals surface area contributed by atoms with Crippen LogP contribution >= 0.6 is 0 Å². The van der Waals surface area contributed by atoms with Gasteiger partial charge in [0.05, 0.1) is 6.61 Å². The van der Waals surface area contributed by atoms with Crippen molar-refractivity contribution < 1.29 is 4.74 Å². The highest BCUT2D eigenvalue weighted by Crippen LogP contribution is 2.14. The summed E-state index contributed by atoms with van der Waals surface area (Å²) in [5, 5.41) is 0. The van der Waals surface area contributed by atoms with Gasteiger partial charge in [0.1, 0.15) is 0 Å². The molecular weight excluding hydrogens is 188 g/mol. The van der Waals surface area contributed by atoms with Gasteiger partial charge in [-0.3, -0.25) is 4.90 Å². The van der Waals surface area contributed by atoms with E-state index in [-0.39, 0.29) is 0 Å². The van der Waals surface area contributed by atoms with E-state index in [9.17, 15) is 0 Å². The molecule has 0 heterocycles. The first-order valence-electron chi connectivity index (χ1n) is 6.19. The Labute approximate surface area is 95.0 Å². The van der Waals surface area contributed by atoms with Crippen molar-refractivity contribution >= 4 is 0 Å². The van der Waals surface area contributed by atoms with Crippen molar-refractivity contribution in [2.75, 3.05) is 26.8 Å². The molecule has 0 radical (unpaired) electrons. The number of hydrogen-bond acceptors (Lipinski definition) is 3. The molecule has 1 unspecified atom stereocenters.